The van der Waals surface area contributed by atoms with E-state index < -0.39 is 5.54 Å². The standard InChI is InChI=1S/C18H23NO2/c1-3-5-14-10-15(7-6-13(14)4-2)16-8-9-18(19,11-16)17(21)12-20/h3-7,10,12,16,20-21H,2,8-9,11,19H2,1H3/b5-3-,17-12?. The zero-order valence-electron chi connectivity index (χ0n) is 12.4. The summed E-state index contributed by atoms with van der Waals surface area (Å²) in [6.07, 6.45) is 8.85. The highest BCUT2D eigenvalue weighted by atomic mass is 16.3. The van der Waals surface area contributed by atoms with Gasteiger partial charge < -0.3 is 15.9 Å². The first-order valence-corrected chi connectivity index (χ1v) is 7.26. The van der Waals surface area contributed by atoms with E-state index in [4.69, 9.17) is 10.8 Å². The molecule has 0 bridgehead atoms. The summed E-state index contributed by atoms with van der Waals surface area (Å²) in [7, 11) is 0. The summed E-state index contributed by atoms with van der Waals surface area (Å²) in [6.45, 7) is 5.83. The minimum atomic E-state index is -0.808. The monoisotopic (exact) mass is 285 g/mol. The summed E-state index contributed by atoms with van der Waals surface area (Å²) < 4.78 is 0. The molecule has 0 radical (unpaired) electrons. The van der Waals surface area contributed by atoms with Gasteiger partial charge in [0.1, 0.15) is 12.0 Å². The first-order chi connectivity index (χ1) is 10.0. The topological polar surface area (TPSA) is 66.5 Å². The van der Waals surface area contributed by atoms with Gasteiger partial charge in [0.2, 0.25) is 0 Å². The largest absolute Gasteiger partial charge is 0.512 e. The molecule has 112 valence electrons. The molecule has 0 saturated heterocycles. The van der Waals surface area contributed by atoms with E-state index in [1.54, 1.807) is 0 Å². The van der Waals surface area contributed by atoms with Crippen molar-refractivity contribution in [1.82, 2.24) is 0 Å². The third-order valence-corrected chi connectivity index (χ3v) is 4.33. The Kier molecular flexibility index (Phi) is 4.53. The van der Waals surface area contributed by atoms with E-state index in [1.807, 2.05) is 19.1 Å². The molecule has 2 rings (SSSR count). The van der Waals surface area contributed by atoms with Crippen molar-refractivity contribution in [2.24, 2.45) is 5.73 Å². The van der Waals surface area contributed by atoms with E-state index in [9.17, 15) is 5.11 Å². The SMILES string of the molecule is C=Cc1ccc(C2CCC(N)(C(O)=CO)C2)cc1/C=C\C. The maximum Gasteiger partial charge on any atom is 0.146 e. The maximum atomic E-state index is 9.76. The van der Waals surface area contributed by atoms with Gasteiger partial charge in [-0.25, -0.2) is 0 Å². The molecular formula is C18H23NO2. The lowest BCUT2D eigenvalue weighted by atomic mass is 9.90. The van der Waals surface area contributed by atoms with Crippen LogP contribution in [-0.2, 0) is 0 Å². The molecule has 1 aliphatic carbocycles. The summed E-state index contributed by atoms with van der Waals surface area (Å²) in [5.74, 6) is 0.168. The van der Waals surface area contributed by atoms with Crippen molar-refractivity contribution in [2.45, 2.75) is 37.6 Å². The van der Waals surface area contributed by atoms with Crippen LogP contribution >= 0.6 is 0 Å². The lowest BCUT2D eigenvalue weighted by Gasteiger charge is -2.22. The number of hydrogen-bond acceptors (Lipinski definition) is 3. The summed E-state index contributed by atoms with van der Waals surface area (Å²) >= 11 is 0. The van der Waals surface area contributed by atoms with Gasteiger partial charge in [-0.1, -0.05) is 43.0 Å². The smallest absolute Gasteiger partial charge is 0.146 e. The minimum absolute atomic E-state index is 0.124. The van der Waals surface area contributed by atoms with Gasteiger partial charge in [-0.2, -0.15) is 0 Å². The predicted molar refractivity (Wildman–Crippen MR) is 88.1 cm³/mol. The van der Waals surface area contributed by atoms with Crippen LogP contribution in [0.15, 0.2) is 42.9 Å². The van der Waals surface area contributed by atoms with Crippen molar-refractivity contribution in [3.63, 3.8) is 0 Å². The molecule has 1 aliphatic rings. The van der Waals surface area contributed by atoms with Crippen molar-refractivity contribution >= 4 is 12.2 Å². The highest BCUT2D eigenvalue weighted by Gasteiger charge is 2.40. The molecule has 1 fully saturated rings. The number of rotatable bonds is 4. The number of aliphatic hydroxyl groups excluding tert-OH is 2. The highest BCUT2D eigenvalue weighted by Crippen LogP contribution is 2.42. The molecule has 0 spiro atoms. The normalized spacial score (nSPS) is 26.4. The quantitative estimate of drug-likeness (QED) is 0.723. The summed E-state index contributed by atoms with van der Waals surface area (Å²) in [6, 6.07) is 6.32. The second-order valence-electron chi connectivity index (χ2n) is 5.70. The molecule has 2 atom stereocenters. The molecule has 4 N–H and O–H groups in total. The Balaban J connectivity index is 2.28. The summed E-state index contributed by atoms with van der Waals surface area (Å²) in [5, 5.41) is 18.8. The number of nitrogens with two attached hydrogens (primary N) is 1. The molecule has 0 amide bonds. The number of allylic oxidation sites excluding steroid dienone is 1. The Morgan fingerprint density at radius 2 is 2.19 bits per heavy atom. The van der Waals surface area contributed by atoms with Gasteiger partial charge in [0.15, 0.2) is 0 Å². The Hall–Kier alpha value is -2.00. The van der Waals surface area contributed by atoms with Gasteiger partial charge in [-0.3, -0.25) is 0 Å². The maximum absolute atomic E-state index is 9.76. The minimum Gasteiger partial charge on any atom is -0.512 e. The van der Waals surface area contributed by atoms with Crippen molar-refractivity contribution in [3.8, 4) is 0 Å². The van der Waals surface area contributed by atoms with Gasteiger partial charge in [-0.05, 0) is 48.8 Å². The van der Waals surface area contributed by atoms with Gasteiger partial charge >= 0.3 is 0 Å². The van der Waals surface area contributed by atoms with Gasteiger partial charge in [0, 0.05) is 0 Å². The van der Waals surface area contributed by atoms with Gasteiger partial charge in [0.25, 0.3) is 0 Å². The fraction of sp³-hybridized carbons (Fsp3) is 0.333. The molecular weight excluding hydrogens is 262 g/mol. The molecule has 3 heteroatoms. The molecule has 21 heavy (non-hydrogen) atoms. The fourth-order valence-electron chi connectivity index (χ4n) is 3.08. The first kappa shape index (κ1) is 15.4. The third-order valence-electron chi connectivity index (χ3n) is 4.33. The first-order valence-electron chi connectivity index (χ1n) is 7.26. The zero-order chi connectivity index (χ0) is 15.5. The molecule has 0 heterocycles. The third kappa shape index (κ3) is 3.03. The van der Waals surface area contributed by atoms with Crippen LogP contribution in [0.4, 0.5) is 0 Å². The second-order valence-corrected chi connectivity index (χ2v) is 5.70. The van der Waals surface area contributed by atoms with Crippen LogP contribution in [0, 0.1) is 0 Å². The fourth-order valence-corrected chi connectivity index (χ4v) is 3.08. The van der Waals surface area contributed by atoms with Crippen molar-refractivity contribution in [1.29, 1.82) is 0 Å². The molecule has 1 aromatic carbocycles. The molecule has 1 saturated carbocycles. The zero-order valence-corrected chi connectivity index (χ0v) is 12.4. The molecule has 2 unspecified atom stereocenters. The highest BCUT2D eigenvalue weighted by molar-refractivity contribution is 5.65. The molecule has 0 aromatic heterocycles. The van der Waals surface area contributed by atoms with Crippen molar-refractivity contribution in [3.05, 3.63) is 59.6 Å². The Morgan fingerprint density at radius 3 is 2.81 bits per heavy atom. The van der Waals surface area contributed by atoms with E-state index in [0.29, 0.717) is 25.0 Å². The number of aliphatic hydroxyl groups is 2. The van der Waals surface area contributed by atoms with E-state index >= 15 is 0 Å². The van der Waals surface area contributed by atoms with Crippen molar-refractivity contribution < 1.29 is 10.2 Å². The average molecular weight is 285 g/mol. The van der Waals surface area contributed by atoms with Crippen LogP contribution in [0.2, 0.25) is 0 Å². The Bertz CT molecular complexity index is 589. The van der Waals surface area contributed by atoms with Gasteiger partial charge in [-0.15, -0.1) is 0 Å². The molecule has 0 aliphatic heterocycles. The lowest BCUT2D eigenvalue weighted by Crippen LogP contribution is -2.39. The Morgan fingerprint density at radius 1 is 1.43 bits per heavy atom. The van der Waals surface area contributed by atoms with Crippen LogP contribution in [0.5, 0.6) is 0 Å². The Labute approximate surface area is 126 Å². The lowest BCUT2D eigenvalue weighted by molar-refractivity contribution is 0.269. The van der Waals surface area contributed by atoms with E-state index in [2.05, 4.69) is 30.9 Å². The summed E-state index contributed by atoms with van der Waals surface area (Å²) in [4.78, 5) is 0. The van der Waals surface area contributed by atoms with Gasteiger partial charge in [0.05, 0.1) is 5.54 Å². The number of hydrogen-bond donors (Lipinski definition) is 3. The van der Waals surface area contributed by atoms with Crippen LogP contribution in [0.1, 0.15) is 48.8 Å². The van der Waals surface area contributed by atoms with E-state index in [1.165, 1.54) is 5.56 Å². The molecule has 1 aromatic rings. The summed E-state index contributed by atoms with van der Waals surface area (Å²) in [5.41, 5.74) is 8.84. The van der Waals surface area contributed by atoms with Crippen molar-refractivity contribution in [2.75, 3.05) is 0 Å². The van der Waals surface area contributed by atoms with Crippen LogP contribution < -0.4 is 5.73 Å². The van der Waals surface area contributed by atoms with E-state index in [0.717, 1.165) is 17.5 Å². The average Bonchev–Trinajstić information content (AvgIpc) is 2.90. The van der Waals surface area contributed by atoms with Crippen LogP contribution in [-0.4, -0.2) is 15.8 Å². The molecule has 3 nitrogen and oxygen atoms in total. The van der Waals surface area contributed by atoms with Crippen LogP contribution in [0.3, 0.4) is 0 Å². The number of benzene rings is 1. The van der Waals surface area contributed by atoms with E-state index in [-0.39, 0.29) is 5.76 Å². The van der Waals surface area contributed by atoms with Crippen LogP contribution in [0.25, 0.3) is 12.2 Å². The predicted octanol–water partition coefficient (Wildman–Crippen LogP) is 4.29. The second kappa shape index (κ2) is 6.19.